The summed E-state index contributed by atoms with van der Waals surface area (Å²) < 4.78 is 0. The molecule has 1 aromatic carbocycles. The fourth-order valence-corrected chi connectivity index (χ4v) is 2.03. The number of para-hydroxylation sites is 1. The van der Waals surface area contributed by atoms with Crippen LogP contribution < -0.4 is 11.1 Å². The van der Waals surface area contributed by atoms with Crippen LogP contribution in [0.4, 0.5) is 5.69 Å². The highest BCUT2D eigenvalue weighted by molar-refractivity contribution is 6.33. The Hall–Kier alpha value is -1.10. The van der Waals surface area contributed by atoms with Crippen molar-refractivity contribution in [2.45, 2.75) is 13.8 Å². The van der Waals surface area contributed by atoms with Gasteiger partial charge in [-0.05, 0) is 31.1 Å². The van der Waals surface area contributed by atoms with E-state index >= 15 is 0 Å². The first kappa shape index (κ1) is 16.0. The number of likely N-dealkylation sites (N-methyl/N-ethyl adjacent to an activating group) is 1. The molecule has 3 N–H and O–H groups in total. The molecule has 1 amide bonds. The quantitative estimate of drug-likeness (QED) is 0.841. The minimum atomic E-state index is -0.0802. The van der Waals surface area contributed by atoms with Crippen molar-refractivity contribution in [3.8, 4) is 0 Å². The lowest BCUT2D eigenvalue weighted by Crippen LogP contribution is -2.40. The lowest BCUT2D eigenvalue weighted by atomic mass is 9.93. The van der Waals surface area contributed by atoms with Gasteiger partial charge in [-0.15, -0.1) is 0 Å². The van der Waals surface area contributed by atoms with E-state index in [0.717, 1.165) is 6.54 Å². The Morgan fingerprint density at radius 1 is 1.42 bits per heavy atom. The lowest BCUT2D eigenvalue weighted by molar-refractivity contribution is -0.117. The van der Waals surface area contributed by atoms with Gasteiger partial charge < -0.3 is 11.1 Å². The Morgan fingerprint density at radius 3 is 2.63 bits per heavy atom. The molecule has 0 saturated heterocycles. The minimum absolute atomic E-state index is 0.000573. The van der Waals surface area contributed by atoms with Crippen molar-refractivity contribution < 1.29 is 4.79 Å². The van der Waals surface area contributed by atoms with Crippen LogP contribution in [-0.2, 0) is 4.79 Å². The molecule has 0 unspecified atom stereocenters. The fourth-order valence-electron chi connectivity index (χ4n) is 1.85. The summed E-state index contributed by atoms with van der Waals surface area (Å²) in [5.74, 6) is -0.0802. The third kappa shape index (κ3) is 5.59. The number of carbonyl (C=O) groups is 1. The van der Waals surface area contributed by atoms with Gasteiger partial charge in [0, 0.05) is 6.54 Å². The van der Waals surface area contributed by atoms with Gasteiger partial charge >= 0.3 is 0 Å². The number of carbonyl (C=O) groups excluding carboxylic acids is 1. The third-order valence-electron chi connectivity index (χ3n) is 2.81. The number of benzene rings is 1. The van der Waals surface area contributed by atoms with Crippen LogP contribution in [0.25, 0.3) is 0 Å². The summed E-state index contributed by atoms with van der Waals surface area (Å²) in [5, 5.41) is 3.34. The molecule has 0 atom stereocenters. The van der Waals surface area contributed by atoms with Gasteiger partial charge in [-0.1, -0.05) is 37.6 Å². The van der Waals surface area contributed by atoms with Crippen molar-refractivity contribution in [2.24, 2.45) is 11.1 Å². The van der Waals surface area contributed by atoms with Crippen molar-refractivity contribution in [1.82, 2.24) is 4.90 Å². The number of hydrogen-bond donors (Lipinski definition) is 2. The second-order valence-electron chi connectivity index (χ2n) is 5.57. The van der Waals surface area contributed by atoms with Crippen molar-refractivity contribution in [2.75, 3.05) is 32.0 Å². The molecule has 0 aliphatic heterocycles. The van der Waals surface area contributed by atoms with E-state index in [0.29, 0.717) is 23.8 Å². The van der Waals surface area contributed by atoms with E-state index in [4.69, 9.17) is 17.3 Å². The van der Waals surface area contributed by atoms with Crippen LogP contribution >= 0.6 is 11.6 Å². The van der Waals surface area contributed by atoms with Gasteiger partial charge in [0.25, 0.3) is 0 Å². The van der Waals surface area contributed by atoms with Gasteiger partial charge in [-0.2, -0.15) is 0 Å². The zero-order chi connectivity index (χ0) is 14.5. The Kier molecular flexibility index (Phi) is 5.79. The molecule has 0 bridgehead atoms. The van der Waals surface area contributed by atoms with Gasteiger partial charge in [0.1, 0.15) is 0 Å². The van der Waals surface area contributed by atoms with Gasteiger partial charge in [0.05, 0.1) is 17.3 Å². The van der Waals surface area contributed by atoms with Crippen LogP contribution in [0.3, 0.4) is 0 Å². The van der Waals surface area contributed by atoms with Crippen LogP contribution in [0.1, 0.15) is 13.8 Å². The highest BCUT2D eigenvalue weighted by Gasteiger charge is 2.19. The summed E-state index contributed by atoms with van der Waals surface area (Å²) in [6.07, 6.45) is 0. The Morgan fingerprint density at radius 2 is 2.05 bits per heavy atom. The molecular formula is C14H22ClN3O. The Labute approximate surface area is 119 Å². The van der Waals surface area contributed by atoms with E-state index in [1.165, 1.54) is 0 Å². The first-order valence-electron chi connectivity index (χ1n) is 6.27. The summed E-state index contributed by atoms with van der Waals surface area (Å²) in [7, 11) is 1.91. The number of anilines is 1. The summed E-state index contributed by atoms with van der Waals surface area (Å²) in [5.41, 5.74) is 6.32. The Balaban J connectivity index is 2.50. The number of nitrogens with two attached hydrogens (primary N) is 1. The standard InChI is InChI=1S/C14H22ClN3O/c1-14(2,9-16)10-18(3)8-13(19)17-12-7-5-4-6-11(12)15/h4-7H,8-10,16H2,1-3H3,(H,17,19). The molecule has 1 aromatic rings. The third-order valence-corrected chi connectivity index (χ3v) is 3.14. The molecule has 1 rings (SSSR count). The van der Waals surface area contributed by atoms with E-state index in [-0.39, 0.29) is 11.3 Å². The van der Waals surface area contributed by atoms with Crippen LogP contribution in [0, 0.1) is 5.41 Å². The SMILES string of the molecule is CN(CC(=O)Nc1ccccc1Cl)CC(C)(C)CN. The maximum atomic E-state index is 11.9. The number of nitrogens with one attached hydrogen (secondary N) is 1. The van der Waals surface area contributed by atoms with Crippen molar-refractivity contribution in [3.63, 3.8) is 0 Å². The molecule has 106 valence electrons. The van der Waals surface area contributed by atoms with Crippen molar-refractivity contribution in [1.29, 1.82) is 0 Å². The number of hydrogen-bond acceptors (Lipinski definition) is 3. The molecule has 0 aromatic heterocycles. The summed E-state index contributed by atoms with van der Waals surface area (Å²) in [6.45, 7) is 5.82. The normalized spacial score (nSPS) is 11.7. The van der Waals surface area contributed by atoms with Crippen LogP contribution in [-0.4, -0.2) is 37.5 Å². The van der Waals surface area contributed by atoms with E-state index < -0.39 is 0 Å². The van der Waals surface area contributed by atoms with E-state index in [1.807, 2.05) is 24.1 Å². The second kappa shape index (κ2) is 6.89. The predicted octanol–water partition coefficient (Wildman–Crippen LogP) is 2.20. The molecule has 0 spiro atoms. The van der Waals surface area contributed by atoms with Crippen molar-refractivity contribution in [3.05, 3.63) is 29.3 Å². The highest BCUT2D eigenvalue weighted by Crippen LogP contribution is 2.20. The maximum Gasteiger partial charge on any atom is 0.238 e. The molecule has 0 saturated carbocycles. The summed E-state index contributed by atoms with van der Waals surface area (Å²) in [4.78, 5) is 13.9. The highest BCUT2D eigenvalue weighted by atomic mass is 35.5. The van der Waals surface area contributed by atoms with Gasteiger partial charge in [-0.25, -0.2) is 0 Å². The molecule has 0 aliphatic carbocycles. The zero-order valence-corrected chi connectivity index (χ0v) is 12.5. The van der Waals surface area contributed by atoms with Gasteiger partial charge in [-0.3, -0.25) is 9.69 Å². The minimum Gasteiger partial charge on any atom is -0.330 e. The number of amides is 1. The second-order valence-corrected chi connectivity index (χ2v) is 5.98. The van der Waals surface area contributed by atoms with Crippen molar-refractivity contribution >= 4 is 23.2 Å². The largest absolute Gasteiger partial charge is 0.330 e. The fraction of sp³-hybridized carbons (Fsp3) is 0.500. The molecule has 0 radical (unpaired) electrons. The molecule has 0 heterocycles. The average Bonchev–Trinajstić information content (AvgIpc) is 2.31. The van der Waals surface area contributed by atoms with Crippen LogP contribution in [0.2, 0.25) is 5.02 Å². The van der Waals surface area contributed by atoms with E-state index in [9.17, 15) is 4.79 Å². The van der Waals surface area contributed by atoms with Crippen LogP contribution in [0.5, 0.6) is 0 Å². The first-order valence-corrected chi connectivity index (χ1v) is 6.65. The Bertz CT molecular complexity index is 434. The van der Waals surface area contributed by atoms with Gasteiger partial charge in [0.2, 0.25) is 5.91 Å². The number of rotatable bonds is 6. The average molecular weight is 284 g/mol. The number of halogens is 1. The molecule has 5 heteroatoms. The maximum absolute atomic E-state index is 11.9. The summed E-state index contributed by atoms with van der Waals surface area (Å²) >= 11 is 5.99. The van der Waals surface area contributed by atoms with Crippen LogP contribution in [0.15, 0.2) is 24.3 Å². The smallest absolute Gasteiger partial charge is 0.238 e. The molecule has 19 heavy (non-hydrogen) atoms. The summed E-state index contributed by atoms with van der Waals surface area (Å²) in [6, 6.07) is 7.19. The molecule has 0 aliphatic rings. The van der Waals surface area contributed by atoms with E-state index in [2.05, 4.69) is 19.2 Å². The van der Waals surface area contributed by atoms with Gasteiger partial charge in [0.15, 0.2) is 0 Å². The predicted molar refractivity (Wildman–Crippen MR) is 80.4 cm³/mol. The lowest BCUT2D eigenvalue weighted by Gasteiger charge is -2.28. The van der Waals surface area contributed by atoms with E-state index in [1.54, 1.807) is 12.1 Å². The monoisotopic (exact) mass is 283 g/mol. The molecular weight excluding hydrogens is 262 g/mol. The zero-order valence-electron chi connectivity index (χ0n) is 11.7. The topological polar surface area (TPSA) is 58.4 Å². The first-order chi connectivity index (χ1) is 8.84. The molecule has 0 fully saturated rings. The number of nitrogens with zero attached hydrogens (tertiary/aromatic N) is 1. The molecule has 4 nitrogen and oxygen atoms in total.